The summed E-state index contributed by atoms with van der Waals surface area (Å²) in [6, 6.07) is 3.03. The van der Waals surface area contributed by atoms with Crippen molar-refractivity contribution in [2.24, 2.45) is 5.73 Å². The lowest BCUT2D eigenvalue weighted by Gasteiger charge is -2.42. The predicted molar refractivity (Wildman–Crippen MR) is 79.4 cm³/mol. The van der Waals surface area contributed by atoms with Crippen molar-refractivity contribution in [3.05, 3.63) is 23.9 Å². The van der Waals surface area contributed by atoms with Gasteiger partial charge in [0.1, 0.15) is 11.9 Å². The summed E-state index contributed by atoms with van der Waals surface area (Å²) in [5, 5.41) is 0. The Morgan fingerprint density at radius 2 is 2.10 bits per heavy atom. The number of nitrogen functional groups attached to an aromatic ring is 1. The summed E-state index contributed by atoms with van der Waals surface area (Å²) in [6.07, 6.45) is 1.54. The first kappa shape index (κ1) is 15.2. The van der Waals surface area contributed by atoms with Crippen molar-refractivity contribution in [3.8, 4) is 0 Å². The Kier molecular flexibility index (Phi) is 4.42. The van der Waals surface area contributed by atoms with E-state index in [2.05, 4.69) is 4.98 Å². The molecule has 0 unspecified atom stereocenters. The predicted octanol–water partition coefficient (Wildman–Crippen LogP) is -0.316. The van der Waals surface area contributed by atoms with Crippen LogP contribution in [0.1, 0.15) is 24.2 Å². The molecule has 7 heteroatoms. The van der Waals surface area contributed by atoms with Gasteiger partial charge in [-0.3, -0.25) is 14.5 Å². The van der Waals surface area contributed by atoms with Gasteiger partial charge in [-0.2, -0.15) is 0 Å². The minimum atomic E-state index is -0.472. The van der Waals surface area contributed by atoms with Crippen LogP contribution in [0.15, 0.2) is 18.3 Å². The summed E-state index contributed by atoms with van der Waals surface area (Å²) >= 11 is 0. The lowest BCUT2D eigenvalue weighted by Crippen LogP contribution is -2.61. The van der Waals surface area contributed by atoms with Crippen LogP contribution in [0.5, 0.6) is 0 Å². The van der Waals surface area contributed by atoms with Gasteiger partial charge in [-0.25, -0.2) is 4.98 Å². The van der Waals surface area contributed by atoms with Crippen LogP contribution >= 0.6 is 0 Å². The monoisotopic (exact) mass is 291 g/mol. The van der Waals surface area contributed by atoms with Crippen LogP contribution in [0.2, 0.25) is 0 Å². The van der Waals surface area contributed by atoms with Crippen molar-refractivity contribution in [1.82, 2.24) is 14.8 Å². The quantitative estimate of drug-likeness (QED) is 0.794. The molecule has 114 valence electrons. The van der Waals surface area contributed by atoms with E-state index in [-0.39, 0.29) is 24.3 Å². The van der Waals surface area contributed by atoms with Gasteiger partial charge in [0.25, 0.3) is 5.91 Å². The lowest BCUT2D eigenvalue weighted by atomic mass is 10.1. The highest BCUT2D eigenvalue weighted by atomic mass is 16.2. The van der Waals surface area contributed by atoms with E-state index in [9.17, 15) is 9.59 Å². The molecule has 1 aliphatic rings. The second kappa shape index (κ2) is 6.09. The topological polar surface area (TPSA) is 106 Å². The molecule has 21 heavy (non-hydrogen) atoms. The van der Waals surface area contributed by atoms with Gasteiger partial charge in [-0.05, 0) is 26.0 Å². The number of primary amides is 1. The van der Waals surface area contributed by atoms with Gasteiger partial charge in [0, 0.05) is 31.9 Å². The second-order valence-electron chi connectivity index (χ2n) is 5.44. The molecule has 2 rings (SSSR count). The molecule has 0 spiro atoms. The first-order valence-corrected chi connectivity index (χ1v) is 6.96. The molecule has 0 aromatic carbocycles. The van der Waals surface area contributed by atoms with Crippen molar-refractivity contribution in [1.29, 1.82) is 0 Å². The van der Waals surface area contributed by atoms with E-state index in [0.29, 0.717) is 18.7 Å². The van der Waals surface area contributed by atoms with Gasteiger partial charge in [0.2, 0.25) is 5.91 Å². The molecule has 1 aromatic heterocycles. The number of anilines is 1. The van der Waals surface area contributed by atoms with Crippen molar-refractivity contribution in [2.45, 2.75) is 25.9 Å². The number of nitrogens with zero attached hydrogens (tertiary/aromatic N) is 3. The Hall–Kier alpha value is -2.15. The molecule has 0 bridgehead atoms. The molecule has 2 heterocycles. The molecule has 7 nitrogen and oxygen atoms in total. The highest BCUT2D eigenvalue weighted by Gasteiger charge is 2.34. The molecule has 0 radical (unpaired) electrons. The van der Waals surface area contributed by atoms with Gasteiger partial charge >= 0.3 is 0 Å². The smallest absolute Gasteiger partial charge is 0.257 e. The third kappa shape index (κ3) is 3.13. The maximum absolute atomic E-state index is 12.5. The van der Waals surface area contributed by atoms with E-state index >= 15 is 0 Å². The highest BCUT2D eigenvalue weighted by molar-refractivity contribution is 5.98. The number of rotatable bonds is 3. The summed E-state index contributed by atoms with van der Waals surface area (Å²) in [5.41, 5.74) is 11.6. The largest absolute Gasteiger partial charge is 0.383 e. The van der Waals surface area contributed by atoms with Crippen LogP contribution in [0, 0.1) is 0 Å². The van der Waals surface area contributed by atoms with Crippen LogP contribution in [-0.2, 0) is 4.79 Å². The summed E-state index contributed by atoms with van der Waals surface area (Å²) in [4.78, 5) is 31.7. The molecule has 1 atom stereocenters. The third-order valence-corrected chi connectivity index (χ3v) is 3.77. The third-order valence-electron chi connectivity index (χ3n) is 3.77. The van der Waals surface area contributed by atoms with Gasteiger partial charge in [0.15, 0.2) is 0 Å². The van der Waals surface area contributed by atoms with Crippen molar-refractivity contribution in [3.63, 3.8) is 0 Å². The Morgan fingerprint density at radius 3 is 2.67 bits per heavy atom. The second-order valence-corrected chi connectivity index (χ2v) is 5.44. The first-order chi connectivity index (χ1) is 9.91. The van der Waals surface area contributed by atoms with E-state index < -0.39 is 11.9 Å². The molecule has 0 saturated carbocycles. The number of carbonyl (C=O) groups excluding carboxylic acids is 2. The Morgan fingerprint density at radius 1 is 1.38 bits per heavy atom. The maximum atomic E-state index is 12.5. The fraction of sp³-hybridized carbons (Fsp3) is 0.500. The van der Waals surface area contributed by atoms with E-state index in [4.69, 9.17) is 11.5 Å². The minimum absolute atomic E-state index is 0.197. The number of carbonyl (C=O) groups is 2. The lowest BCUT2D eigenvalue weighted by molar-refractivity contribution is -0.126. The van der Waals surface area contributed by atoms with Gasteiger partial charge in [-0.15, -0.1) is 0 Å². The summed E-state index contributed by atoms with van der Waals surface area (Å²) in [6.45, 7) is 5.44. The number of piperazine rings is 1. The van der Waals surface area contributed by atoms with Crippen LogP contribution in [0.3, 0.4) is 0 Å². The summed E-state index contributed by atoms with van der Waals surface area (Å²) < 4.78 is 0. The Balaban J connectivity index is 2.18. The Bertz CT molecular complexity index is 546. The molecule has 1 aromatic rings. The average Bonchev–Trinajstić information content (AvgIpc) is 2.46. The molecular formula is C14H21N5O2. The number of amides is 2. The number of nitrogens with two attached hydrogens (primary N) is 2. The molecule has 2 amide bonds. The normalized spacial score (nSPS) is 19.8. The fourth-order valence-corrected chi connectivity index (χ4v) is 2.62. The zero-order valence-electron chi connectivity index (χ0n) is 12.3. The van der Waals surface area contributed by atoms with Crippen molar-refractivity contribution < 1.29 is 9.59 Å². The van der Waals surface area contributed by atoms with Crippen LogP contribution in [0.4, 0.5) is 5.82 Å². The summed E-state index contributed by atoms with van der Waals surface area (Å²) in [5.74, 6) is -0.431. The fourth-order valence-electron chi connectivity index (χ4n) is 2.62. The average molecular weight is 291 g/mol. The zero-order valence-corrected chi connectivity index (χ0v) is 12.3. The van der Waals surface area contributed by atoms with E-state index in [1.54, 1.807) is 17.0 Å². The van der Waals surface area contributed by atoms with Crippen LogP contribution in [0.25, 0.3) is 0 Å². The van der Waals surface area contributed by atoms with E-state index in [0.717, 1.165) is 0 Å². The van der Waals surface area contributed by atoms with Crippen LogP contribution < -0.4 is 11.5 Å². The van der Waals surface area contributed by atoms with E-state index in [1.807, 2.05) is 18.7 Å². The van der Waals surface area contributed by atoms with Gasteiger partial charge in [-0.1, -0.05) is 0 Å². The standard InChI is InChI=1S/C14H21N5O2/c1-9(2)19-7-6-18(8-11(19)13(16)20)14(21)10-4-3-5-17-12(10)15/h3-5,9,11H,6-8H2,1-2H3,(H2,15,17)(H2,16,20)/t11-/m0/s1. The van der Waals surface area contributed by atoms with Crippen molar-refractivity contribution in [2.75, 3.05) is 25.4 Å². The maximum Gasteiger partial charge on any atom is 0.257 e. The number of pyridine rings is 1. The van der Waals surface area contributed by atoms with Gasteiger partial charge < -0.3 is 16.4 Å². The van der Waals surface area contributed by atoms with Crippen molar-refractivity contribution >= 4 is 17.6 Å². The molecule has 4 N–H and O–H groups in total. The zero-order chi connectivity index (χ0) is 15.6. The van der Waals surface area contributed by atoms with Crippen LogP contribution in [-0.4, -0.2) is 58.3 Å². The molecule has 1 aliphatic heterocycles. The molecule has 0 aliphatic carbocycles. The molecule has 1 fully saturated rings. The molecular weight excluding hydrogens is 270 g/mol. The minimum Gasteiger partial charge on any atom is -0.383 e. The SMILES string of the molecule is CC(C)N1CCN(C(=O)c2cccnc2N)C[C@H]1C(N)=O. The van der Waals surface area contributed by atoms with Gasteiger partial charge in [0.05, 0.1) is 5.56 Å². The number of aromatic nitrogens is 1. The Labute approximate surface area is 123 Å². The molecule has 1 saturated heterocycles. The number of hydrogen-bond acceptors (Lipinski definition) is 5. The van der Waals surface area contributed by atoms with E-state index in [1.165, 1.54) is 6.20 Å². The number of hydrogen-bond donors (Lipinski definition) is 2. The first-order valence-electron chi connectivity index (χ1n) is 6.96. The highest BCUT2D eigenvalue weighted by Crippen LogP contribution is 2.17. The summed E-state index contributed by atoms with van der Waals surface area (Å²) in [7, 11) is 0.